The Hall–Kier alpha value is -2.24. The van der Waals surface area contributed by atoms with Gasteiger partial charge in [0.15, 0.2) is 6.61 Å². The first-order valence-electron chi connectivity index (χ1n) is 10.4. The molecular weight excluding hydrogens is 435 g/mol. The molecule has 7 heteroatoms. The van der Waals surface area contributed by atoms with Gasteiger partial charge in [-0.3, -0.25) is 9.59 Å². The summed E-state index contributed by atoms with van der Waals surface area (Å²) in [6.45, 7) is 8.32. The molecule has 2 amide bonds. The number of nitrogens with zero attached hydrogens (tertiary/aromatic N) is 1. The van der Waals surface area contributed by atoms with E-state index in [1.807, 2.05) is 38.1 Å². The molecule has 0 fully saturated rings. The molecule has 1 N–H and O–H groups in total. The quantitative estimate of drug-likeness (QED) is 0.530. The summed E-state index contributed by atoms with van der Waals surface area (Å²) in [6.07, 6.45) is 0.928. The normalized spacial score (nSPS) is 11.8. The molecule has 31 heavy (non-hydrogen) atoms. The van der Waals surface area contributed by atoms with Crippen molar-refractivity contribution in [2.24, 2.45) is 5.92 Å². The zero-order valence-corrected chi connectivity index (χ0v) is 20.0. The van der Waals surface area contributed by atoms with Crippen LogP contribution in [0.1, 0.15) is 38.8 Å². The summed E-state index contributed by atoms with van der Waals surface area (Å²) in [6, 6.07) is 12.0. The van der Waals surface area contributed by atoms with Crippen molar-refractivity contribution >= 4 is 35.0 Å². The van der Waals surface area contributed by atoms with Gasteiger partial charge in [-0.1, -0.05) is 62.2 Å². The van der Waals surface area contributed by atoms with Crippen molar-refractivity contribution < 1.29 is 14.3 Å². The first-order valence-corrected chi connectivity index (χ1v) is 11.2. The number of nitrogens with one attached hydrogen (secondary N) is 1. The van der Waals surface area contributed by atoms with Crippen LogP contribution in [0.25, 0.3) is 0 Å². The van der Waals surface area contributed by atoms with Gasteiger partial charge in [-0.05, 0) is 54.7 Å². The molecule has 0 aliphatic rings. The molecular formula is C24H30Cl2N2O3. The molecule has 0 spiro atoms. The van der Waals surface area contributed by atoms with Crippen LogP contribution in [-0.4, -0.2) is 35.9 Å². The van der Waals surface area contributed by atoms with Crippen LogP contribution in [0.15, 0.2) is 42.5 Å². The molecule has 1 atom stereocenters. The van der Waals surface area contributed by atoms with E-state index in [1.165, 1.54) is 10.5 Å². The van der Waals surface area contributed by atoms with Gasteiger partial charge in [-0.25, -0.2) is 0 Å². The zero-order valence-electron chi connectivity index (χ0n) is 18.5. The van der Waals surface area contributed by atoms with Gasteiger partial charge in [0.05, 0.1) is 0 Å². The Morgan fingerprint density at radius 1 is 1.06 bits per heavy atom. The Balaban J connectivity index is 2.15. The second-order valence-corrected chi connectivity index (χ2v) is 8.70. The molecule has 0 radical (unpaired) electrons. The van der Waals surface area contributed by atoms with E-state index in [-0.39, 0.29) is 25.0 Å². The van der Waals surface area contributed by atoms with E-state index < -0.39 is 6.04 Å². The highest BCUT2D eigenvalue weighted by molar-refractivity contribution is 6.35. The molecule has 5 nitrogen and oxygen atoms in total. The Morgan fingerprint density at radius 3 is 2.32 bits per heavy atom. The van der Waals surface area contributed by atoms with Gasteiger partial charge in [-0.2, -0.15) is 0 Å². The summed E-state index contributed by atoms with van der Waals surface area (Å²) in [5.41, 5.74) is 1.89. The van der Waals surface area contributed by atoms with Crippen molar-refractivity contribution in [2.75, 3.05) is 13.2 Å². The third kappa shape index (κ3) is 7.75. The molecule has 0 aliphatic heterocycles. The Morgan fingerprint density at radius 2 is 1.74 bits per heavy atom. The fourth-order valence-electron chi connectivity index (χ4n) is 2.92. The van der Waals surface area contributed by atoms with Gasteiger partial charge in [0.25, 0.3) is 5.91 Å². The summed E-state index contributed by atoms with van der Waals surface area (Å²) < 4.78 is 5.69. The summed E-state index contributed by atoms with van der Waals surface area (Å²) in [5.74, 6) is 0.379. The number of carbonyl (C=O) groups excluding carboxylic acids is 2. The van der Waals surface area contributed by atoms with E-state index in [0.29, 0.717) is 33.8 Å². The minimum Gasteiger partial charge on any atom is -0.484 e. The standard InChI is InChI=1S/C24H30Cl2N2O3/c1-5-18-6-10-21(11-7-18)31-15-23(29)28(17(4)24(30)27-13-16(2)3)14-19-8-9-20(25)12-22(19)26/h6-12,16-17H,5,13-15H2,1-4H3,(H,27,30)/t17-/m1/s1. The number of hydrogen-bond acceptors (Lipinski definition) is 3. The number of aryl methyl sites for hydroxylation is 1. The fourth-order valence-corrected chi connectivity index (χ4v) is 3.39. The van der Waals surface area contributed by atoms with Crippen LogP contribution in [0, 0.1) is 5.92 Å². The average molecular weight is 465 g/mol. The maximum Gasteiger partial charge on any atom is 0.261 e. The zero-order chi connectivity index (χ0) is 23.0. The third-order valence-corrected chi connectivity index (χ3v) is 5.49. The Bertz CT molecular complexity index is 885. The molecule has 0 unspecified atom stereocenters. The number of carbonyl (C=O) groups is 2. The number of benzene rings is 2. The predicted molar refractivity (Wildman–Crippen MR) is 126 cm³/mol. The summed E-state index contributed by atoms with van der Waals surface area (Å²) >= 11 is 12.3. The van der Waals surface area contributed by atoms with Crippen molar-refractivity contribution in [3.63, 3.8) is 0 Å². The SMILES string of the molecule is CCc1ccc(OCC(=O)N(Cc2ccc(Cl)cc2Cl)[C@H](C)C(=O)NCC(C)C)cc1. The Labute approximate surface area is 194 Å². The van der Waals surface area contributed by atoms with Crippen LogP contribution in [0.4, 0.5) is 0 Å². The molecule has 0 heterocycles. The highest BCUT2D eigenvalue weighted by Gasteiger charge is 2.27. The third-order valence-electron chi connectivity index (χ3n) is 4.90. The summed E-state index contributed by atoms with van der Waals surface area (Å²) in [5, 5.41) is 3.83. The summed E-state index contributed by atoms with van der Waals surface area (Å²) in [4.78, 5) is 27.2. The van der Waals surface area contributed by atoms with Gasteiger partial charge in [0, 0.05) is 23.1 Å². The van der Waals surface area contributed by atoms with Crippen LogP contribution in [0.2, 0.25) is 10.0 Å². The van der Waals surface area contributed by atoms with E-state index in [1.54, 1.807) is 25.1 Å². The lowest BCUT2D eigenvalue weighted by Crippen LogP contribution is -2.49. The van der Waals surface area contributed by atoms with Crippen molar-refractivity contribution in [1.29, 1.82) is 0 Å². The van der Waals surface area contributed by atoms with E-state index >= 15 is 0 Å². The number of halogens is 2. The van der Waals surface area contributed by atoms with E-state index in [4.69, 9.17) is 27.9 Å². The van der Waals surface area contributed by atoms with Crippen molar-refractivity contribution in [1.82, 2.24) is 10.2 Å². The fraction of sp³-hybridized carbons (Fsp3) is 0.417. The lowest BCUT2D eigenvalue weighted by atomic mass is 10.1. The number of amides is 2. The number of ether oxygens (including phenoxy) is 1. The molecule has 0 saturated carbocycles. The van der Waals surface area contributed by atoms with Gasteiger partial charge in [0.1, 0.15) is 11.8 Å². The largest absolute Gasteiger partial charge is 0.484 e. The molecule has 2 aromatic carbocycles. The van der Waals surface area contributed by atoms with Gasteiger partial charge < -0.3 is 15.0 Å². The molecule has 0 saturated heterocycles. The van der Waals surface area contributed by atoms with E-state index in [2.05, 4.69) is 12.2 Å². The van der Waals surface area contributed by atoms with Gasteiger partial charge >= 0.3 is 0 Å². The summed E-state index contributed by atoms with van der Waals surface area (Å²) in [7, 11) is 0. The Kier molecular flexibility index (Phi) is 9.66. The molecule has 0 bridgehead atoms. The maximum absolute atomic E-state index is 13.1. The van der Waals surface area contributed by atoms with Crippen molar-refractivity contribution in [3.8, 4) is 5.75 Å². The van der Waals surface area contributed by atoms with E-state index in [0.717, 1.165) is 6.42 Å². The maximum atomic E-state index is 13.1. The van der Waals surface area contributed by atoms with Crippen LogP contribution < -0.4 is 10.1 Å². The molecule has 2 rings (SSSR count). The smallest absolute Gasteiger partial charge is 0.261 e. The minimum absolute atomic E-state index is 0.170. The monoisotopic (exact) mass is 464 g/mol. The van der Waals surface area contributed by atoms with Crippen LogP contribution in [-0.2, 0) is 22.6 Å². The van der Waals surface area contributed by atoms with Crippen molar-refractivity contribution in [2.45, 2.75) is 46.7 Å². The number of rotatable bonds is 10. The molecule has 168 valence electrons. The van der Waals surface area contributed by atoms with E-state index in [9.17, 15) is 9.59 Å². The molecule has 0 aromatic heterocycles. The van der Waals surface area contributed by atoms with Crippen molar-refractivity contribution in [3.05, 3.63) is 63.6 Å². The molecule has 2 aromatic rings. The minimum atomic E-state index is -0.691. The average Bonchev–Trinajstić information content (AvgIpc) is 2.75. The second kappa shape index (κ2) is 12.0. The van der Waals surface area contributed by atoms with Crippen LogP contribution in [0.5, 0.6) is 5.75 Å². The lowest BCUT2D eigenvalue weighted by Gasteiger charge is -2.29. The van der Waals surface area contributed by atoms with Gasteiger partial charge in [0.2, 0.25) is 5.91 Å². The number of hydrogen-bond donors (Lipinski definition) is 1. The predicted octanol–water partition coefficient (Wildman–Crippen LogP) is 5.12. The van der Waals surface area contributed by atoms with Crippen LogP contribution >= 0.6 is 23.2 Å². The molecule has 0 aliphatic carbocycles. The van der Waals surface area contributed by atoms with Gasteiger partial charge in [-0.15, -0.1) is 0 Å². The van der Waals surface area contributed by atoms with Crippen LogP contribution in [0.3, 0.4) is 0 Å². The highest BCUT2D eigenvalue weighted by Crippen LogP contribution is 2.23. The topological polar surface area (TPSA) is 58.6 Å². The first-order chi connectivity index (χ1) is 14.7. The first kappa shape index (κ1) is 25.0. The lowest BCUT2D eigenvalue weighted by molar-refractivity contribution is -0.142. The highest BCUT2D eigenvalue weighted by atomic mass is 35.5. The second-order valence-electron chi connectivity index (χ2n) is 7.86.